The molecule has 0 spiro atoms. The average Bonchev–Trinajstić information content (AvgIpc) is 2.87. The molecule has 1 N–H and O–H groups in total. The Labute approximate surface area is 195 Å². The van der Waals surface area contributed by atoms with Crippen LogP contribution in [0.4, 0.5) is 4.39 Å². The second-order valence-corrected chi connectivity index (χ2v) is 7.20. The first-order chi connectivity index (χ1) is 16.5. The molecule has 0 unspecified atom stereocenters. The predicted molar refractivity (Wildman–Crippen MR) is 128 cm³/mol. The number of pyridine rings is 1. The zero-order valence-corrected chi connectivity index (χ0v) is 18.8. The van der Waals surface area contributed by atoms with E-state index >= 15 is 0 Å². The van der Waals surface area contributed by atoms with Crippen LogP contribution >= 0.6 is 0 Å². The molecule has 1 amide bonds. The van der Waals surface area contributed by atoms with Crippen LogP contribution in [-0.2, 0) is 0 Å². The number of nitrogens with zero attached hydrogens (tertiary/aromatic N) is 2. The number of amides is 1. The molecule has 1 aromatic heterocycles. The van der Waals surface area contributed by atoms with Crippen molar-refractivity contribution in [3.05, 3.63) is 83.7 Å². The zero-order chi connectivity index (χ0) is 24.1. The topological polar surface area (TPSA) is 82.0 Å². The van der Waals surface area contributed by atoms with E-state index in [0.29, 0.717) is 50.5 Å². The average molecular weight is 459 g/mol. The smallest absolute Gasteiger partial charge is 0.272 e. The van der Waals surface area contributed by atoms with Crippen molar-refractivity contribution in [3.8, 4) is 28.5 Å². The van der Waals surface area contributed by atoms with Crippen molar-refractivity contribution in [1.29, 1.82) is 0 Å². The Morgan fingerprint density at radius 1 is 0.941 bits per heavy atom. The number of fused-ring (bicyclic) bond motifs is 1. The van der Waals surface area contributed by atoms with Gasteiger partial charge in [0.15, 0.2) is 11.5 Å². The molecule has 172 valence electrons. The highest BCUT2D eigenvalue weighted by Gasteiger charge is 2.16. The van der Waals surface area contributed by atoms with E-state index in [1.807, 2.05) is 24.3 Å². The molecule has 8 heteroatoms. The Balaban J connectivity index is 1.66. The number of carbonyl (C=O) groups excluding carboxylic acids is 1. The number of rotatable bonds is 7. The largest absolute Gasteiger partial charge is 0.493 e. The number of nitrogens with one attached hydrogen (secondary N) is 1. The Hall–Kier alpha value is -4.46. The maximum atomic E-state index is 13.4. The fourth-order valence-electron chi connectivity index (χ4n) is 3.58. The molecule has 0 radical (unpaired) electrons. The third-order valence-corrected chi connectivity index (χ3v) is 5.21. The number of hydrazone groups is 1. The van der Waals surface area contributed by atoms with E-state index in [4.69, 9.17) is 14.2 Å². The molecule has 7 nitrogen and oxygen atoms in total. The summed E-state index contributed by atoms with van der Waals surface area (Å²) in [6.45, 7) is 0. The lowest BCUT2D eigenvalue weighted by Crippen LogP contribution is -2.18. The van der Waals surface area contributed by atoms with E-state index < -0.39 is 5.91 Å². The minimum absolute atomic E-state index is 0.345. The summed E-state index contributed by atoms with van der Waals surface area (Å²) in [5.74, 6) is 0.592. The highest BCUT2D eigenvalue weighted by molar-refractivity contribution is 6.07. The summed E-state index contributed by atoms with van der Waals surface area (Å²) in [6.07, 6.45) is 1.46. The van der Waals surface area contributed by atoms with Crippen molar-refractivity contribution >= 4 is 23.0 Å². The lowest BCUT2D eigenvalue weighted by Gasteiger charge is -2.13. The molecule has 0 saturated heterocycles. The van der Waals surface area contributed by atoms with Crippen LogP contribution in [0.25, 0.3) is 22.2 Å². The lowest BCUT2D eigenvalue weighted by atomic mass is 10.0. The number of halogens is 1. The van der Waals surface area contributed by atoms with Crippen LogP contribution in [0.5, 0.6) is 17.2 Å². The molecule has 0 fully saturated rings. The van der Waals surface area contributed by atoms with Gasteiger partial charge in [-0.2, -0.15) is 5.10 Å². The predicted octanol–water partition coefficient (Wildman–Crippen LogP) is 4.83. The standard InChI is InChI=1S/C26H22FN3O4/c1-32-23-13-10-17(24(33-2)25(23)34-3)15-28-30-26(31)20-14-22(16-8-11-18(27)12-9-16)29-21-7-5-4-6-19(20)21/h4-15H,1-3H3,(H,30,31). The molecule has 1 heterocycles. The fourth-order valence-corrected chi connectivity index (χ4v) is 3.58. The van der Waals surface area contributed by atoms with E-state index in [-0.39, 0.29) is 5.82 Å². The van der Waals surface area contributed by atoms with Crippen molar-refractivity contribution in [3.63, 3.8) is 0 Å². The fraction of sp³-hybridized carbons (Fsp3) is 0.115. The first-order valence-electron chi connectivity index (χ1n) is 10.3. The number of ether oxygens (including phenoxy) is 3. The van der Waals surface area contributed by atoms with Crippen LogP contribution in [0.1, 0.15) is 15.9 Å². The summed E-state index contributed by atoms with van der Waals surface area (Å²) >= 11 is 0. The van der Waals surface area contributed by atoms with E-state index in [2.05, 4.69) is 15.5 Å². The first-order valence-corrected chi connectivity index (χ1v) is 10.3. The maximum Gasteiger partial charge on any atom is 0.272 e. The van der Waals surface area contributed by atoms with Gasteiger partial charge in [-0.1, -0.05) is 18.2 Å². The molecule has 0 aliphatic rings. The van der Waals surface area contributed by atoms with Gasteiger partial charge in [0.25, 0.3) is 5.91 Å². The molecule has 0 bridgehead atoms. The Morgan fingerprint density at radius 3 is 2.38 bits per heavy atom. The molecule has 4 rings (SSSR count). The van der Waals surface area contributed by atoms with Gasteiger partial charge >= 0.3 is 0 Å². The summed E-state index contributed by atoms with van der Waals surface area (Å²) in [7, 11) is 4.55. The summed E-state index contributed by atoms with van der Waals surface area (Å²) in [4.78, 5) is 17.7. The van der Waals surface area contributed by atoms with Gasteiger partial charge in [0.05, 0.1) is 44.3 Å². The van der Waals surface area contributed by atoms with Crippen LogP contribution in [0, 0.1) is 5.82 Å². The summed E-state index contributed by atoms with van der Waals surface area (Å²) < 4.78 is 29.5. The number of hydrogen-bond acceptors (Lipinski definition) is 6. The molecule has 3 aromatic carbocycles. The van der Waals surface area contributed by atoms with E-state index in [9.17, 15) is 9.18 Å². The van der Waals surface area contributed by atoms with Crippen molar-refractivity contribution in [2.45, 2.75) is 0 Å². The Bertz CT molecular complexity index is 1370. The highest BCUT2D eigenvalue weighted by Crippen LogP contribution is 2.39. The number of benzene rings is 3. The van der Waals surface area contributed by atoms with Gasteiger partial charge in [-0.05, 0) is 48.5 Å². The van der Waals surface area contributed by atoms with Crippen molar-refractivity contribution < 1.29 is 23.4 Å². The van der Waals surface area contributed by atoms with Gasteiger partial charge in [-0.15, -0.1) is 0 Å². The molecule has 0 aliphatic carbocycles. The Morgan fingerprint density at radius 2 is 1.68 bits per heavy atom. The second kappa shape index (κ2) is 9.99. The third-order valence-electron chi connectivity index (χ3n) is 5.21. The van der Waals surface area contributed by atoms with Gasteiger partial charge < -0.3 is 14.2 Å². The number of carbonyl (C=O) groups is 1. The molecule has 0 atom stereocenters. The minimum Gasteiger partial charge on any atom is -0.493 e. The summed E-state index contributed by atoms with van der Waals surface area (Å²) in [5, 5.41) is 4.78. The van der Waals surface area contributed by atoms with Crippen molar-refractivity contribution in [1.82, 2.24) is 10.4 Å². The summed E-state index contributed by atoms with van der Waals surface area (Å²) in [5.41, 5.74) is 5.42. The zero-order valence-electron chi connectivity index (χ0n) is 18.8. The van der Waals surface area contributed by atoms with Gasteiger partial charge in [0.2, 0.25) is 5.75 Å². The molecule has 0 saturated carbocycles. The second-order valence-electron chi connectivity index (χ2n) is 7.20. The van der Waals surface area contributed by atoms with Gasteiger partial charge in [0.1, 0.15) is 5.82 Å². The van der Waals surface area contributed by atoms with Crippen LogP contribution in [0.2, 0.25) is 0 Å². The molecule has 34 heavy (non-hydrogen) atoms. The SMILES string of the molecule is COc1ccc(C=NNC(=O)c2cc(-c3ccc(F)cc3)nc3ccccc23)c(OC)c1OC. The van der Waals surface area contributed by atoms with Crippen molar-refractivity contribution in [2.75, 3.05) is 21.3 Å². The molecule has 4 aromatic rings. The molecular formula is C26H22FN3O4. The monoisotopic (exact) mass is 459 g/mol. The minimum atomic E-state index is -0.419. The number of hydrogen-bond donors (Lipinski definition) is 1. The van der Waals surface area contributed by atoms with E-state index in [0.717, 1.165) is 0 Å². The van der Waals surface area contributed by atoms with Crippen molar-refractivity contribution in [2.24, 2.45) is 5.10 Å². The normalized spacial score (nSPS) is 10.9. The van der Waals surface area contributed by atoms with Crippen LogP contribution in [0.15, 0.2) is 71.8 Å². The lowest BCUT2D eigenvalue weighted by molar-refractivity contribution is 0.0956. The van der Waals surface area contributed by atoms with Gasteiger partial charge in [0, 0.05) is 16.5 Å². The van der Waals surface area contributed by atoms with Crippen LogP contribution < -0.4 is 19.6 Å². The number of methoxy groups -OCH3 is 3. The van der Waals surface area contributed by atoms with E-state index in [1.165, 1.54) is 39.7 Å². The van der Waals surface area contributed by atoms with E-state index in [1.54, 1.807) is 30.3 Å². The van der Waals surface area contributed by atoms with Crippen LogP contribution in [-0.4, -0.2) is 38.4 Å². The third kappa shape index (κ3) is 4.52. The highest BCUT2D eigenvalue weighted by atomic mass is 19.1. The maximum absolute atomic E-state index is 13.4. The first kappa shape index (κ1) is 22.7. The molecular weight excluding hydrogens is 437 g/mol. The van der Waals surface area contributed by atoms with Gasteiger partial charge in [-0.3, -0.25) is 4.79 Å². The number of para-hydroxylation sites is 1. The van der Waals surface area contributed by atoms with Crippen LogP contribution in [0.3, 0.4) is 0 Å². The Kier molecular flexibility index (Phi) is 6.68. The van der Waals surface area contributed by atoms with Gasteiger partial charge in [-0.25, -0.2) is 14.8 Å². The quantitative estimate of drug-likeness (QED) is 0.316. The summed E-state index contributed by atoms with van der Waals surface area (Å²) in [6, 6.07) is 18.4. The number of aromatic nitrogens is 1. The molecule has 0 aliphatic heterocycles.